The van der Waals surface area contributed by atoms with Crippen molar-refractivity contribution in [3.63, 3.8) is 0 Å². The summed E-state index contributed by atoms with van der Waals surface area (Å²) in [5, 5.41) is 0. The molecule has 0 aromatic carbocycles. The first-order valence-electron chi connectivity index (χ1n) is 7.73. The molecule has 0 radical (unpaired) electrons. The first kappa shape index (κ1) is 16.0. The van der Waals surface area contributed by atoms with E-state index in [0.29, 0.717) is 6.42 Å². The topological polar surface area (TPSA) is 42.4 Å². The fraction of sp³-hybridized carbons (Fsp3) is 0.647. The lowest BCUT2D eigenvalue weighted by Crippen LogP contribution is -2.62. The minimum atomic E-state index is 0.0388. The number of pyridine rings is 1. The van der Waals surface area contributed by atoms with E-state index in [4.69, 9.17) is 4.74 Å². The van der Waals surface area contributed by atoms with Gasteiger partial charge in [0.15, 0.2) is 0 Å². The van der Waals surface area contributed by atoms with E-state index in [1.807, 2.05) is 31.0 Å². The summed E-state index contributed by atoms with van der Waals surface area (Å²) in [6.45, 7) is 7.13. The zero-order valence-electron chi connectivity index (χ0n) is 13.5. The first-order chi connectivity index (χ1) is 9.96. The zero-order valence-corrected chi connectivity index (χ0v) is 13.5. The summed E-state index contributed by atoms with van der Waals surface area (Å²) in [4.78, 5) is 18.3. The normalized spacial score (nSPS) is 23.4. The van der Waals surface area contributed by atoms with Gasteiger partial charge in [0.05, 0.1) is 6.10 Å². The smallest absolute Gasteiger partial charge is 0.222 e. The molecule has 1 fully saturated rings. The highest BCUT2D eigenvalue weighted by Crippen LogP contribution is 2.45. The molecule has 1 amide bonds. The Morgan fingerprint density at radius 2 is 2.10 bits per heavy atom. The van der Waals surface area contributed by atoms with Crippen LogP contribution in [0.4, 0.5) is 0 Å². The molecule has 4 heteroatoms. The van der Waals surface area contributed by atoms with Crippen molar-refractivity contribution in [2.45, 2.75) is 52.2 Å². The van der Waals surface area contributed by atoms with Crippen LogP contribution in [0.25, 0.3) is 0 Å². The van der Waals surface area contributed by atoms with Crippen molar-refractivity contribution in [1.29, 1.82) is 0 Å². The Balaban J connectivity index is 1.86. The third kappa shape index (κ3) is 3.43. The summed E-state index contributed by atoms with van der Waals surface area (Å²) >= 11 is 0. The predicted octanol–water partition coefficient (Wildman–Crippen LogP) is 2.68. The number of aryl methyl sites for hydroxylation is 1. The summed E-state index contributed by atoms with van der Waals surface area (Å²) in [5.41, 5.74) is 1.20. The van der Waals surface area contributed by atoms with Crippen molar-refractivity contribution in [2.75, 3.05) is 13.7 Å². The summed E-state index contributed by atoms with van der Waals surface area (Å²) in [5.74, 6) is 0.208. The Morgan fingerprint density at radius 3 is 2.67 bits per heavy atom. The minimum Gasteiger partial charge on any atom is -0.378 e. The van der Waals surface area contributed by atoms with Gasteiger partial charge in [-0.1, -0.05) is 13.8 Å². The Labute approximate surface area is 127 Å². The number of ether oxygens (including phenoxy) is 1. The van der Waals surface area contributed by atoms with Gasteiger partial charge in [0, 0.05) is 43.9 Å². The number of carbonyl (C=O) groups excluding carboxylic acids is 1. The maximum Gasteiger partial charge on any atom is 0.222 e. The second-order valence-electron chi connectivity index (χ2n) is 6.38. The Bertz CT molecular complexity index is 473. The lowest BCUT2D eigenvalue weighted by Gasteiger charge is -2.54. The van der Waals surface area contributed by atoms with E-state index in [1.54, 1.807) is 12.4 Å². The molecule has 0 spiro atoms. The molecule has 1 aliphatic carbocycles. The van der Waals surface area contributed by atoms with E-state index >= 15 is 0 Å². The van der Waals surface area contributed by atoms with E-state index in [9.17, 15) is 4.79 Å². The average molecular weight is 290 g/mol. The van der Waals surface area contributed by atoms with Gasteiger partial charge in [-0.2, -0.15) is 0 Å². The molecule has 21 heavy (non-hydrogen) atoms. The van der Waals surface area contributed by atoms with Gasteiger partial charge in [0.2, 0.25) is 5.91 Å². The van der Waals surface area contributed by atoms with Crippen LogP contribution in [0.1, 0.15) is 39.2 Å². The van der Waals surface area contributed by atoms with Crippen LogP contribution >= 0.6 is 0 Å². The van der Waals surface area contributed by atoms with Gasteiger partial charge < -0.3 is 9.64 Å². The number of nitrogens with zero attached hydrogens (tertiary/aromatic N) is 2. The van der Waals surface area contributed by atoms with E-state index in [-0.39, 0.29) is 23.5 Å². The molecule has 1 aromatic heterocycles. The van der Waals surface area contributed by atoms with Gasteiger partial charge in [-0.3, -0.25) is 9.78 Å². The minimum absolute atomic E-state index is 0.0388. The van der Waals surface area contributed by atoms with Crippen molar-refractivity contribution < 1.29 is 9.53 Å². The lowest BCUT2D eigenvalue weighted by atomic mass is 9.63. The Hall–Kier alpha value is -1.42. The van der Waals surface area contributed by atoms with Gasteiger partial charge in [-0.05, 0) is 37.5 Å². The fourth-order valence-electron chi connectivity index (χ4n) is 3.16. The van der Waals surface area contributed by atoms with Crippen molar-refractivity contribution in [3.05, 3.63) is 30.1 Å². The molecule has 0 N–H and O–H groups in total. The molecule has 0 saturated heterocycles. The Kier molecular flexibility index (Phi) is 4.99. The number of rotatable bonds is 6. The quantitative estimate of drug-likeness (QED) is 0.809. The standard InChI is InChI=1S/C17H26N2O2/c1-5-21-15-12-14(17(15,2)3)19(4)16(20)7-6-13-8-10-18-11-9-13/h8-11,14-15H,5-7,12H2,1-4H3. The van der Waals surface area contributed by atoms with Crippen molar-refractivity contribution >= 4 is 5.91 Å². The first-order valence-corrected chi connectivity index (χ1v) is 7.73. The van der Waals surface area contributed by atoms with Crippen molar-refractivity contribution in [2.24, 2.45) is 5.41 Å². The molecule has 116 valence electrons. The van der Waals surface area contributed by atoms with E-state index in [2.05, 4.69) is 18.8 Å². The molecule has 2 unspecified atom stereocenters. The van der Waals surface area contributed by atoms with Gasteiger partial charge in [0.25, 0.3) is 0 Å². The summed E-state index contributed by atoms with van der Waals surface area (Å²) in [6.07, 6.45) is 6.07. The van der Waals surface area contributed by atoms with Crippen LogP contribution in [0.2, 0.25) is 0 Å². The van der Waals surface area contributed by atoms with Crippen LogP contribution in [0, 0.1) is 5.41 Å². The molecule has 0 aliphatic heterocycles. The van der Waals surface area contributed by atoms with E-state index in [1.165, 1.54) is 0 Å². The molecular weight excluding hydrogens is 264 g/mol. The van der Waals surface area contributed by atoms with Gasteiger partial charge in [-0.15, -0.1) is 0 Å². The highest BCUT2D eigenvalue weighted by atomic mass is 16.5. The van der Waals surface area contributed by atoms with Gasteiger partial charge in [0.1, 0.15) is 0 Å². The molecule has 1 heterocycles. The van der Waals surface area contributed by atoms with Crippen LogP contribution in [0.3, 0.4) is 0 Å². The predicted molar refractivity (Wildman–Crippen MR) is 82.9 cm³/mol. The fourth-order valence-corrected chi connectivity index (χ4v) is 3.16. The summed E-state index contributed by atoms with van der Waals surface area (Å²) in [7, 11) is 1.92. The van der Waals surface area contributed by atoms with Crippen LogP contribution in [-0.2, 0) is 16.0 Å². The average Bonchev–Trinajstić information content (AvgIpc) is 2.49. The second-order valence-corrected chi connectivity index (χ2v) is 6.38. The van der Waals surface area contributed by atoms with Gasteiger partial charge >= 0.3 is 0 Å². The third-order valence-electron chi connectivity index (χ3n) is 4.73. The number of amides is 1. The van der Waals surface area contributed by atoms with Gasteiger partial charge in [-0.25, -0.2) is 0 Å². The maximum absolute atomic E-state index is 12.4. The SMILES string of the molecule is CCOC1CC(N(C)C(=O)CCc2ccncc2)C1(C)C. The maximum atomic E-state index is 12.4. The largest absolute Gasteiger partial charge is 0.378 e. The van der Waals surface area contributed by atoms with E-state index in [0.717, 1.165) is 25.0 Å². The van der Waals surface area contributed by atoms with Crippen LogP contribution in [0.5, 0.6) is 0 Å². The molecule has 0 bridgehead atoms. The zero-order chi connectivity index (χ0) is 15.5. The second kappa shape index (κ2) is 6.56. The molecule has 2 rings (SSSR count). The molecule has 1 aliphatic rings. The monoisotopic (exact) mass is 290 g/mol. The van der Waals surface area contributed by atoms with E-state index < -0.39 is 0 Å². The number of hydrogen-bond acceptors (Lipinski definition) is 3. The van der Waals surface area contributed by atoms with Crippen LogP contribution < -0.4 is 0 Å². The highest BCUT2D eigenvalue weighted by molar-refractivity contribution is 5.76. The highest BCUT2D eigenvalue weighted by Gasteiger charge is 2.51. The number of aromatic nitrogens is 1. The van der Waals surface area contributed by atoms with Crippen LogP contribution in [0.15, 0.2) is 24.5 Å². The molecular formula is C17H26N2O2. The Morgan fingerprint density at radius 1 is 1.43 bits per heavy atom. The van der Waals surface area contributed by atoms with Crippen LogP contribution in [-0.4, -0.2) is 41.6 Å². The molecule has 4 nitrogen and oxygen atoms in total. The molecule has 2 atom stereocenters. The lowest BCUT2D eigenvalue weighted by molar-refractivity contribution is -0.163. The van der Waals surface area contributed by atoms with Crippen molar-refractivity contribution in [3.8, 4) is 0 Å². The van der Waals surface area contributed by atoms with Crippen molar-refractivity contribution in [1.82, 2.24) is 9.88 Å². The molecule has 1 aromatic rings. The number of hydrogen-bond donors (Lipinski definition) is 0. The summed E-state index contributed by atoms with van der Waals surface area (Å²) in [6, 6.07) is 4.20. The third-order valence-corrected chi connectivity index (χ3v) is 4.73. The number of carbonyl (C=O) groups is 1. The summed E-state index contributed by atoms with van der Waals surface area (Å²) < 4.78 is 5.74. The molecule has 1 saturated carbocycles.